The number of hydrogen-bond donors (Lipinski definition) is 0. The van der Waals surface area contributed by atoms with Crippen molar-refractivity contribution in [2.75, 3.05) is 18.1 Å². The molecule has 0 spiro atoms. The number of imide groups is 1. The van der Waals surface area contributed by atoms with E-state index in [-0.39, 0.29) is 17.6 Å². The Kier molecular flexibility index (Phi) is 4.40. The standard InChI is InChI=1S/C26H25N3O5/c1-26(2,3)23(30)22-20-19(21-16-7-5-4-6-14(16)13-27-29(21)22)24(31)28(25(20)32)15-8-9-17-18(12-15)34-11-10-33-17/h4-9,12-13,19-22H,10-11H2,1-3H3. The van der Waals surface area contributed by atoms with Gasteiger partial charge in [0.1, 0.15) is 19.3 Å². The van der Waals surface area contributed by atoms with Crippen LogP contribution < -0.4 is 14.4 Å². The van der Waals surface area contributed by atoms with Crippen molar-refractivity contribution in [1.29, 1.82) is 0 Å². The van der Waals surface area contributed by atoms with Crippen LogP contribution >= 0.6 is 0 Å². The van der Waals surface area contributed by atoms with E-state index in [0.29, 0.717) is 30.4 Å². The first-order valence-electron chi connectivity index (χ1n) is 11.5. The van der Waals surface area contributed by atoms with Crippen LogP contribution in [0.15, 0.2) is 47.6 Å². The van der Waals surface area contributed by atoms with E-state index in [9.17, 15) is 14.4 Å². The fourth-order valence-electron chi connectivity index (χ4n) is 5.54. The molecule has 0 aromatic heterocycles. The van der Waals surface area contributed by atoms with Gasteiger partial charge in [0.2, 0.25) is 11.8 Å². The van der Waals surface area contributed by atoms with E-state index in [4.69, 9.17) is 9.47 Å². The van der Waals surface area contributed by atoms with Crippen LogP contribution in [0.2, 0.25) is 0 Å². The summed E-state index contributed by atoms with van der Waals surface area (Å²) in [5.74, 6) is -1.26. The Balaban J connectivity index is 1.47. The molecule has 4 atom stereocenters. The molecule has 8 heteroatoms. The third-order valence-corrected chi connectivity index (χ3v) is 7.08. The lowest BCUT2D eigenvalue weighted by molar-refractivity contribution is -0.136. The number of hydrazone groups is 1. The van der Waals surface area contributed by atoms with E-state index in [0.717, 1.165) is 11.1 Å². The van der Waals surface area contributed by atoms with Gasteiger partial charge >= 0.3 is 0 Å². The minimum absolute atomic E-state index is 0.105. The lowest BCUT2D eigenvalue weighted by Crippen LogP contribution is -2.48. The molecule has 34 heavy (non-hydrogen) atoms. The Morgan fingerprint density at radius 3 is 2.44 bits per heavy atom. The van der Waals surface area contributed by atoms with Crippen molar-refractivity contribution in [2.24, 2.45) is 22.4 Å². The second-order valence-corrected chi connectivity index (χ2v) is 10.1. The number of benzene rings is 2. The molecule has 4 aliphatic rings. The molecule has 2 aromatic rings. The molecule has 2 saturated heterocycles. The van der Waals surface area contributed by atoms with Crippen LogP contribution in [0, 0.1) is 17.3 Å². The highest BCUT2D eigenvalue weighted by atomic mass is 16.6. The van der Waals surface area contributed by atoms with Crippen LogP contribution in [-0.4, -0.2) is 48.1 Å². The average molecular weight is 460 g/mol. The summed E-state index contributed by atoms with van der Waals surface area (Å²) in [5, 5.41) is 6.28. The van der Waals surface area contributed by atoms with Crippen LogP contribution in [0.1, 0.15) is 37.9 Å². The van der Waals surface area contributed by atoms with Gasteiger partial charge < -0.3 is 9.47 Å². The minimum atomic E-state index is -0.821. The maximum absolute atomic E-state index is 13.9. The highest BCUT2D eigenvalue weighted by Crippen LogP contribution is 2.54. The number of rotatable bonds is 2. The van der Waals surface area contributed by atoms with Crippen LogP contribution in [0.4, 0.5) is 5.69 Å². The molecule has 6 rings (SSSR count). The Morgan fingerprint density at radius 2 is 1.68 bits per heavy atom. The van der Waals surface area contributed by atoms with Crippen molar-refractivity contribution in [3.8, 4) is 11.5 Å². The van der Waals surface area contributed by atoms with Gasteiger partial charge in [-0.3, -0.25) is 19.4 Å². The summed E-state index contributed by atoms with van der Waals surface area (Å²) in [6.07, 6.45) is 1.71. The molecule has 174 valence electrons. The number of hydrogen-bond acceptors (Lipinski definition) is 7. The quantitative estimate of drug-likeness (QED) is 0.642. The van der Waals surface area contributed by atoms with Crippen molar-refractivity contribution in [2.45, 2.75) is 32.9 Å². The summed E-state index contributed by atoms with van der Waals surface area (Å²) in [4.78, 5) is 42.6. The first-order valence-corrected chi connectivity index (χ1v) is 11.5. The monoisotopic (exact) mass is 459 g/mol. The Labute approximate surface area is 197 Å². The maximum Gasteiger partial charge on any atom is 0.240 e. The topological polar surface area (TPSA) is 88.5 Å². The van der Waals surface area contributed by atoms with Crippen molar-refractivity contribution in [3.63, 3.8) is 0 Å². The molecule has 0 aliphatic carbocycles. The fraction of sp³-hybridized carbons (Fsp3) is 0.385. The summed E-state index contributed by atoms with van der Waals surface area (Å²) < 4.78 is 11.3. The zero-order chi connectivity index (χ0) is 23.8. The number of Topliss-reactive ketones (excluding diaryl/α,β-unsaturated/α-hetero) is 1. The molecule has 2 amide bonds. The van der Waals surface area contributed by atoms with Crippen LogP contribution in [0.3, 0.4) is 0 Å². The summed E-state index contributed by atoms with van der Waals surface area (Å²) >= 11 is 0. The van der Waals surface area contributed by atoms with Crippen LogP contribution in [0.25, 0.3) is 0 Å². The molecule has 0 saturated carbocycles. The summed E-state index contributed by atoms with van der Waals surface area (Å²) in [6, 6.07) is 11.5. The lowest BCUT2D eigenvalue weighted by Gasteiger charge is -2.35. The molecule has 4 unspecified atom stereocenters. The number of amides is 2. The molecule has 0 bridgehead atoms. The van der Waals surface area contributed by atoms with Gasteiger partial charge in [0.15, 0.2) is 17.3 Å². The summed E-state index contributed by atoms with van der Waals surface area (Å²) in [5.41, 5.74) is 1.52. The second kappa shape index (κ2) is 7.16. The first-order chi connectivity index (χ1) is 16.3. The number of fused-ring (bicyclic) bond motifs is 6. The largest absolute Gasteiger partial charge is 0.486 e. The molecular formula is C26H25N3O5. The molecule has 4 heterocycles. The van der Waals surface area contributed by atoms with Crippen LogP contribution in [0.5, 0.6) is 11.5 Å². The second-order valence-electron chi connectivity index (χ2n) is 10.1. The number of ketones is 1. The van der Waals surface area contributed by atoms with Crippen molar-refractivity contribution >= 4 is 29.5 Å². The molecule has 8 nitrogen and oxygen atoms in total. The lowest BCUT2D eigenvalue weighted by atomic mass is 9.79. The summed E-state index contributed by atoms with van der Waals surface area (Å²) in [7, 11) is 0. The van der Waals surface area contributed by atoms with Gasteiger partial charge in [0, 0.05) is 11.5 Å². The van der Waals surface area contributed by atoms with Crippen LogP contribution in [-0.2, 0) is 14.4 Å². The van der Waals surface area contributed by atoms with Gasteiger partial charge in [0.05, 0.1) is 29.8 Å². The molecule has 0 radical (unpaired) electrons. The maximum atomic E-state index is 13.9. The zero-order valence-corrected chi connectivity index (χ0v) is 19.2. The molecule has 4 aliphatic heterocycles. The van der Waals surface area contributed by atoms with Gasteiger partial charge in [-0.2, -0.15) is 5.10 Å². The van der Waals surface area contributed by atoms with Crippen molar-refractivity contribution < 1.29 is 23.9 Å². The molecular weight excluding hydrogens is 434 g/mol. The number of carbonyl (C=O) groups is 3. The first kappa shape index (κ1) is 20.9. The summed E-state index contributed by atoms with van der Waals surface area (Å²) in [6.45, 7) is 6.35. The van der Waals surface area contributed by atoms with Gasteiger partial charge in [-0.25, -0.2) is 4.90 Å². The van der Waals surface area contributed by atoms with E-state index in [2.05, 4.69) is 5.10 Å². The third kappa shape index (κ3) is 2.84. The predicted molar refractivity (Wildman–Crippen MR) is 124 cm³/mol. The fourth-order valence-corrected chi connectivity index (χ4v) is 5.54. The van der Waals surface area contributed by atoms with E-state index < -0.39 is 29.3 Å². The normalized spacial score (nSPS) is 26.9. The average Bonchev–Trinajstić information content (AvgIpc) is 3.30. The smallest absolute Gasteiger partial charge is 0.240 e. The molecule has 0 N–H and O–H groups in total. The van der Waals surface area contributed by atoms with Crippen molar-refractivity contribution in [3.05, 3.63) is 53.6 Å². The number of anilines is 1. The van der Waals surface area contributed by atoms with E-state index >= 15 is 0 Å². The Hall–Kier alpha value is -3.68. The Morgan fingerprint density at radius 1 is 0.971 bits per heavy atom. The van der Waals surface area contributed by atoms with Gasteiger partial charge in [-0.05, 0) is 23.3 Å². The third-order valence-electron chi connectivity index (χ3n) is 7.08. The number of nitrogens with zero attached hydrogens (tertiary/aromatic N) is 3. The Bertz CT molecular complexity index is 1260. The zero-order valence-electron chi connectivity index (χ0n) is 19.2. The van der Waals surface area contributed by atoms with Crippen molar-refractivity contribution in [1.82, 2.24) is 5.01 Å². The highest BCUT2D eigenvalue weighted by molar-refractivity contribution is 6.24. The van der Waals surface area contributed by atoms with E-state index in [1.165, 1.54) is 4.90 Å². The van der Waals surface area contributed by atoms with Gasteiger partial charge in [0.25, 0.3) is 0 Å². The van der Waals surface area contributed by atoms with E-state index in [1.54, 1.807) is 29.4 Å². The molecule has 2 aromatic carbocycles. The number of ether oxygens (including phenoxy) is 2. The van der Waals surface area contributed by atoms with Gasteiger partial charge in [-0.1, -0.05) is 45.0 Å². The number of carbonyl (C=O) groups excluding carboxylic acids is 3. The van der Waals surface area contributed by atoms with Gasteiger partial charge in [-0.15, -0.1) is 0 Å². The minimum Gasteiger partial charge on any atom is -0.486 e. The van der Waals surface area contributed by atoms with E-state index in [1.807, 2.05) is 45.0 Å². The molecule has 2 fully saturated rings. The SMILES string of the molecule is CC(C)(C)C(=O)C1C2C(=O)N(c3ccc4c(c3)OCCO4)C(=O)C2C2c3ccccc3C=NN12. The highest BCUT2D eigenvalue weighted by Gasteiger charge is 2.66. The predicted octanol–water partition coefficient (Wildman–Crippen LogP) is 2.95.